The molecule has 0 saturated carbocycles. The summed E-state index contributed by atoms with van der Waals surface area (Å²) in [6.07, 6.45) is 2.67. The molecule has 0 radical (unpaired) electrons. The van der Waals surface area contributed by atoms with Gasteiger partial charge in [-0.25, -0.2) is 4.79 Å². The average Bonchev–Trinajstić information content (AvgIpc) is 2.34. The predicted octanol–water partition coefficient (Wildman–Crippen LogP) is 2.57. The van der Waals surface area contributed by atoms with Gasteiger partial charge in [-0.2, -0.15) is 0 Å². The number of aliphatic carboxylic acids is 1. The Morgan fingerprint density at radius 2 is 1.95 bits per heavy atom. The molecule has 1 fully saturated rings. The number of carboxylic acid groups (broad SMARTS) is 1. The normalized spacial score (nSPS) is 20.0. The second-order valence-corrected chi connectivity index (χ2v) is 7.24. The van der Waals surface area contributed by atoms with Gasteiger partial charge in [-0.3, -0.25) is 9.69 Å². The van der Waals surface area contributed by atoms with E-state index in [1.54, 1.807) is 4.90 Å². The largest absolute Gasteiger partial charge is 0.480 e. The summed E-state index contributed by atoms with van der Waals surface area (Å²) in [4.78, 5) is 27.0. The van der Waals surface area contributed by atoms with Crippen LogP contribution in [0.5, 0.6) is 0 Å². The fourth-order valence-electron chi connectivity index (χ4n) is 2.69. The first kappa shape index (κ1) is 18.7. The molecule has 0 bridgehead atoms. The van der Waals surface area contributed by atoms with Gasteiger partial charge in [0.2, 0.25) is 0 Å². The van der Waals surface area contributed by atoms with Crippen molar-refractivity contribution in [2.24, 2.45) is 0 Å². The lowest BCUT2D eigenvalue weighted by molar-refractivity contribution is -0.139. The fourth-order valence-corrected chi connectivity index (χ4v) is 2.69. The number of likely N-dealkylation sites (tertiary alicyclic amines) is 1. The molecule has 128 valence electrons. The number of carbonyl (C=O) groups is 2. The van der Waals surface area contributed by atoms with Crippen molar-refractivity contribution in [2.75, 3.05) is 19.6 Å². The van der Waals surface area contributed by atoms with Crippen molar-refractivity contribution in [3.63, 3.8) is 0 Å². The van der Waals surface area contributed by atoms with Crippen LogP contribution in [-0.4, -0.2) is 64.3 Å². The van der Waals surface area contributed by atoms with Gasteiger partial charge in [0.05, 0.1) is 6.54 Å². The fraction of sp³-hybridized carbons (Fsp3) is 0.875. The number of hydrogen-bond acceptors (Lipinski definition) is 4. The molecule has 1 aliphatic heterocycles. The molecule has 22 heavy (non-hydrogen) atoms. The lowest BCUT2D eigenvalue weighted by atomic mass is 10.0. The highest BCUT2D eigenvalue weighted by molar-refractivity contribution is 5.69. The number of piperidine rings is 1. The van der Waals surface area contributed by atoms with Crippen molar-refractivity contribution in [2.45, 2.75) is 71.6 Å². The van der Waals surface area contributed by atoms with Crippen LogP contribution in [0.15, 0.2) is 0 Å². The molecule has 1 N–H and O–H groups in total. The molecule has 6 heteroatoms. The molecule has 1 atom stereocenters. The van der Waals surface area contributed by atoms with E-state index in [1.165, 1.54) is 0 Å². The number of carbonyl (C=O) groups excluding carboxylic acids is 1. The van der Waals surface area contributed by atoms with Gasteiger partial charge in [0.1, 0.15) is 5.60 Å². The standard InChI is InChI=1S/C16H30N2O4/c1-12(2)18(15(21)22-16(3,4)5)10-13-8-6-7-9-17(13)11-14(19)20/h12-13H,6-11H2,1-5H3,(H,19,20)/t13-/m0/s1. The van der Waals surface area contributed by atoms with Crippen molar-refractivity contribution in [3.8, 4) is 0 Å². The molecule has 6 nitrogen and oxygen atoms in total. The highest BCUT2D eigenvalue weighted by Crippen LogP contribution is 2.20. The lowest BCUT2D eigenvalue weighted by Crippen LogP contribution is -2.52. The summed E-state index contributed by atoms with van der Waals surface area (Å²) < 4.78 is 5.47. The van der Waals surface area contributed by atoms with Gasteiger partial charge in [0.15, 0.2) is 0 Å². The van der Waals surface area contributed by atoms with Crippen molar-refractivity contribution in [1.82, 2.24) is 9.80 Å². The Hall–Kier alpha value is -1.30. The smallest absolute Gasteiger partial charge is 0.410 e. The molecule has 0 aromatic rings. The van der Waals surface area contributed by atoms with Crippen LogP contribution in [0.2, 0.25) is 0 Å². The maximum Gasteiger partial charge on any atom is 0.410 e. The average molecular weight is 314 g/mol. The Balaban J connectivity index is 2.75. The maximum atomic E-state index is 12.4. The van der Waals surface area contributed by atoms with E-state index in [9.17, 15) is 9.59 Å². The first-order valence-electron chi connectivity index (χ1n) is 8.05. The summed E-state index contributed by atoms with van der Waals surface area (Å²) in [6, 6.07) is 0.100. The Morgan fingerprint density at radius 1 is 1.32 bits per heavy atom. The van der Waals surface area contributed by atoms with E-state index in [1.807, 2.05) is 39.5 Å². The first-order valence-corrected chi connectivity index (χ1v) is 8.05. The molecule has 0 aromatic heterocycles. The predicted molar refractivity (Wildman–Crippen MR) is 84.9 cm³/mol. The third kappa shape index (κ3) is 6.22. The molecule has 0 unspecified atom stereocenters. The number of nitrogens with zero attached hydrogens (tertiary/aromatic N) is 2. The van der Waals surface area contributed by atoms with Gasteiger partial charge < -0.3 is 14.7 Å². The van der Waals surface area contributed by atoms with E-state index in [4.69, 9.17) is 9.84 Å². The van der Waals surface area contributed by atoms with Gasteiger partial charge in [-0.1, -0.05) is 6.42 Å². The Morgan fingerprint density at radius 3 is 2.45 bits per heavy atom. The summed E-state index contributed by atoms with van der Waals surface area (Å²) in [5.41, 5.74) is -0.530. The zero-order chi connectivity index (χ0) is 16.9. The lowest BCUT2D eigenvalue weighted by Gasteiger charge is -2.39. The van der Waals surface area contributed by atoms with E-state index in [-0.39, 0.29) is 24.7 Å². The van der Waals surface area contributed by atoms with E-state index in [0.29, 0.717) is 6.54 Å². The van der Waals surface area contributed by atoms with E-state index in [0.717, 1.165) is 25.8 Å². The van der Waals surface area contributed by atoms with Crippen LogP contribution in [0.1, 0.15) is 53.9 Å². The van der Waals surface area contributed by atoms with Gasteiger partial charge in [-0.15, -0.1) is 0 Å². The van der Waals surface area contributed by atoms with E-state index < -0.39 is 11.6 Å². The minimum Gasteiger partial charge on any atom is -0.480 e. The van der Waals surface area contributed by atoms with Crippen LogP contribution >= 0.6 is 0 Å². The number of ether oxygens (including phenoxy) is 1. The molecule has 0 spiro atoms. The van der Waals surface area contributed by atoms with Gasteiger partial charge in [0, 0.05) is 18.6 Å². The SMILES string of the molecule is CC(C)N(C[C@@H]1CCCCN1CC(=O)O)C(=O)OC(C)(C)C. The second kappa shape index (κ2) is 7.81. The molecule has 1 amide bonds. The van der Waals surface area contributed by atoms with Crippen LogP contribution in [0.4, 0.5) is 4.79 Å². The molecular weight excluding hydrogens is 284 g/mol. The second-order valence-electron chi connectivity index (χ2n) is 7.24. The third-order valence-corrected chi connectivity index (χ3v) is 3.75. The molecular formula is C16H30N2O4. The number of rotatable bonds is 5. The Bertz CT molecular complexity index is 390. The Labute approximate surface area is 133 Å². The highest BCUT2D eigenvalue weighted by atomic mass is 16.6. The first-order chi connectivity index (χ1) is 10.1. The third-order valence-electron chi connectivity index (χ3n) is 3.75. The van der Waals surface area contributed by atoms with E-state index in [2.05, 4.69) is 0 Å². The molecule has 1 heterocycles. The molecule has 1 rings (SSSR count). The highest BCUT2D eigenvalue weighted by Gasteiger charge is 2.31. The molecule has 0 aliphatic carbocycles. The quantitative estimate of drug-likeness (QED) is 0.844. The summed E-state index contributed by atoms with van der Waals surface area (Å²) in [7, 11) is 0. The van der Waals surface area contributed by atoms with Gasteiger partial charge in [-0.05, 0) is 54.0 Å². The summed E-state index contributed by atoms with van der Waals surface area (Å²) in [5.74, 6) is -0.819. The maximum absolute atomic E-state index is 12.4. The number of hydrogen-bond donors (Lipinski definition) is 1. The molecule has 0 aromatic carbocycles. The van der Waals surface area contributed by atoms with Crippen LogP contribution in [0.3, 0.4) is 0 Å². The van der Waals surface area contributed by atoms with Crippen LogP contribution in [-0.2, 0) is 9.53 Å². The van der Waals surface area contributed by atoms with Crippen molar-refractivity contribution >= 4 is 12.1 Å². The Kier molecular flexibility index (Phi) is 6.66. The van der Waals surface area contributed by atoms with Crippen LogP contribution in [0, 0.1) is 0 Å². The number of carboxylic acids is 1. The summed E-state index contributed by atoms with van der Waals surface area (Å²) in [5, 5.41) is 9.04. The van der Waals surface area contributed by atoms with Crippen molar-refractivity contribution < 1.29 is 19.4 Å². The molecule has 1 saturated heterocycles. The zero-order valence-corrected chi connectivity index (χ0v) is 14.5. The van der Waals surface area contributed by atoms with Crippen LogP contribution < -0.4 is 0 Å². The number of amides is 1. The zero-order valence-electron chi connectivity index (χ0n) is 14.5. The minimum atomic E-state index is -0.819. The summed E-state index contributed by atoms with van der Waals surface area (Å²) in [6.45, 7) is 10.8. The van der Waals surface area contributed by atoms with Crippen molar-refractivity contribution in [3.05, 3.63) is 0 Å². The van der Waals surface area contributed by atoms with Gasteiger partial charge in [0.25, 0.3) is 0 Å². The molecule has 1 aliphatic rings. The van der Waals surface area contributed by atoms with Crippen molar-refractivity contribution in [1.29, 1.82) is 0 Å². The van der Waals surface area contributed by atoms with E-state index >= 15 is 0 Å². The van der Waals surface area contributed by atoms with Crippen LogP contribution in [0.25, 0.3) is 0 Å². The summed E-state index contributed by atoms with van der Waals surface area (Å²) >= 11 is 0. The minimum absolute atomic E-state index is 0.0171. The van der Waals surface area contributed by atoms with Gasteiger partial charge >= 0.3 is 12.1 Å². The monoisotopic (exact) mass is 314 g/mol. The topological polar surface area (TPSA) is 70.1 Å².